The van der Waals surface area contributed by atoms with Gasteiger partial charge in [-0.05, 0) is 13.3 Å². The van der Waals surface area contributed by atoms with Gasteiger partial charge in [0.25, 0.3) is 0 Å². The molecule has 3 atom stereocenters. The second-order valence-electron chi connectivity index (χ2n) is 4.06. The van der Waals surface area contributed by atoms with Crippen molar-refractivity contribution < 1.29 is 9.13 Å². The molecular weight excluding hydrogens is 157 g/mol. The number of halogens is 1. The van der Waals surface area contributed by atoms with Gasteiger partial charge in [0.2, 0.25) is 0 Å². The molecule has 0 radical (unpaired) electrons. The largest absolute Gasteiger partial charge is 0.383 e. The average Bonchev–Trinajstić information content (AvgIpc) is 2.13. The minimum atomic E-state index is -0.650. The first-order chi connectivity index (χ1) is 5.69. The van der Waals surface area contributed by atoms with Crippen molar-refractivity contribution in [3.8, 4) is 0 Å². The van der Waals surface area contributed by atoms with Crippen molar-refractivity contribution in [1.29, 1.82) is 0 Å². The Morgan fingerprint density at radius 3 is 2.83 bits per heavy atom. The summed E-state index contributed by atoms with van der Waals surface area (Å²) in [7, 11) is 1.70. The molecule has 3 heteroatoms. The Hall–Kier alpha value is -0.150. The van der Waals surface area contributed by atoms with Crippen LogP contribution < -0.4 is 0 Å². The van der Waals surface area contributed by atoms with Crippen LogP contribution in [0.2, 0.25) is 0 Å². The molecule has 2 fully saturated rings. The van der Waals surface area contributed by atoms with E-state index in [1.165, 1.54) is 0 Å². The fraction of sp³-hybridized carbons (Fsp3) is 1.00. The Bertz CT molecular complexity index is 187. The van der Waals surface area contributed by atoms with Crippen LogP contribution in [-0.2, 0) is 4.74 Å². The molecule has 0 unspecified atom stereocenters. The number of rotatable bonds is 2. The number of nitrogens with zero attached hydrogens (tertiary/aromatic N) is 1. The first-order valence-electron chi connectivity index (χ1n) is 4.59. The zero-order valence-electron chi connectivity index (χ0n) is 7.72. The number of alkyl halides is 1. The van der Waals surface area contributed by atoms with Crippen LogP contribution in [0.3, 0.4) is 0 Å². The summed E-state index contributed by atoms with van der Waals surface area (Å²) in [6.07, 6.45) is 1.12. The number of methoxy groups -OCH3 is 1. The minimum Gasteiger partial charge on any atom is -0.383 e. The molecule has 70 valence electrons. The van der Waals surface area contributed by atoms with Crippen molar-refractivity contribution in [3.05, 3.63) is 0 Å². The normalized spacial score (nSPS) is 47.2. The van der Waals surface area contributed by atoms with Crippen molar-refractivity contribution in [1.82, 2.24) is 4.90 Å². The molecule has 2 aliphatic heterocycles. The summed E-state index contributed by atoms with van der Waals surface area (Å²) < 4.78 is 18.5. The van der Waals surface area contributed by atoms with E-state index in [-0.39, 0.29) is 11.6 Å². The molecule has 0 aliphatic carbocycles. The van der Waals surface area contributed by atoms with Crippen LogP contribution in [0.15, 0.2) is 0 Å². The van der Waals surface area contributed by atoms with E-state index in [0.717, 1.165) is 13.0 Å². The number of ether oxygens (including phenoxy) is 1. The summed E-state index contributed by atoms with van der Waals surface area (Å²) in [5.41, 5.74) is 0.0631. The SMILES string of the molecule is COC[C@]12CCN1[C@@H](C)[C@H](F)C2. The van der Waals surface area contributed by atoms with Crippen molar-refractivity contribution >= 4 is 0 Å². The summed E-state index contributed by atoms with van der Waals surface area (Å²) in [5, 5.41) is 0. The van der Waals surface area contributed by atoms with Crippen LogP contribution >= 0.6 is 0 Å². The molecule has 2 nitrogen and oxygen atoms in total. The van der Waals surface area contributed by atoms with Crippen LogP contribution in [0, 0.1) is 0 Å². The van der Waals surface area contributed by atoms with Crippen molar-refractivity contribution in [2.75, 3.05) is 20.3 Å². The van der Waals surface area contributed by atoms with Gasteiger partial charge in [0.15, 0.2) is 0 Å². The molecule has 0 N–H and O–H groups in total. The smallest absolute Gasteiger partial charge is 0.117 e. The summed E-state index contributed by atoms with van der Waals surface area (Å²) in [6.45, 7) is 3.71. The Kier molecular flexibility index (Phi) is 1.88. The van der Waals surface area contributed by atoms with Crippen LogP contribution in [0.25, 0.3) is 0 Å². The number of hydrogen-bond acceptors (Lipinski definition) is 2. The first-order valence-corrected chi connectivity index (χ1v) is 4.59. The summed E-state index contributed by atoms with van der Waals surface area (Å²) in [4.78, 5) is 2.25. The maximum absolute atomic E-state index is 13.3. The second kappa shape index (κ2) is 2.67. The van der Waals surface area contributed by atoms with Gasteiger partial charge in [0, 0.05) is 31.7 Å². The zero-order chi connectivity index (χ0) is 8.77. The predicted octanol–water partition coefficient (Wildman–Crippen LogP) is 1.21. The lowest BCUT2D eigenvalue weighted by Gasteiger charge is -2.49. The quantitative estimate of drug-likeness (QED) is 0.622. The molecule has 0 saturated carbocycles. The molecule has 2 aliphatic rings. The topological polar surface area (TPSA) is 12.5 Å². The average molecular weight is 173 g/mol. The molecule has 0 aromatic rings. The molecule has 0 amide bonds. The first kappa shape index (κ1) is 8.45. The molecule has 0 spiro atoms. The van der Waals surface area contributed by atoms with Gasteiger partial charge in [0.1, 0.15) is 6.17 Å². The summed E-state index contributed by atoms with van der Waals surface area (Å²) in [5.74, 6) is 0. The molecule has 12 heavy (non-hydrogen) atoms. The van der Waals surface area contributed by atoms with E-state index in [1.54, 1.807) is 7.11 Å². The molecule has 2 rings (SSSR count). The van der Waals surface area contributed by atoms with Crippen LogP contribution in [0.4, 0.5) is 4.39 Å². The lowest BCUT2D eigenvalue weighted by molar-refractivity contribution is -0.0508. The van der Waals surface area contributed by atoms with Crippen molar-refractivity contribution in [2.24, 2.45) is 0 Å². The Morgan fingerprint density at radius 1 is 1.67 bits per heavy atom. The van der Waals surface area contributed by atoms with Gasteiger partial charge in [-0.3, -0.25) is 4.90 Å². The zero-order valence-corrected chi connectivity index (χ0v) is 7.72. The standard InChI is InChI=1S/C9H16FNO/c1-7-8(10)5-9(6-12-2)3-4-11(7)9/h7-8H,3-6H2,1-2H3/t7-,8+,9+/m0/s1. The third kappa shape index (κ3) is 0.927. The highest BCUT2D eigenvalue weighted by Crippen LogP contribution is 2.45. The predicted molar refractivity (Wildman–Crippen MR) is 44.9 cm³/mol. The highest BCUT2D eigenvalue weighted by molar-refractivity contribution is 5.10. The maximum Gasteiger partial charge on any atom is 0.117 e. The highest BCUT2D eigenvalue weighted by atomic mass is 19.1. The third-order valence-electron chi connectivity index (χ3n) is 3.43. The molecule has 2 heterocycles. The van der Waals surface area contributed by atoms with Gasteiger partial charge in [-0.25, -0.2) is 4.39 Å². The van der Waals surface area contributed by atoms with E-state index in [4.69, 9.17) is 4.74 Å². The third-order valence-corrected chi connectivity index (χ3v) is 3.43. The second-order valence-corrected chi connectivity index (χ2v) is 4.06. The molecule has 0 aromatic heterocycles. The van der Waals surface area contributed by atoms with Gasteiger partial charge in [-0.1, -0.05) is 0 Å². The molecule has 0 bridgehead atoms. The van der Waals surface area contributed by atoms with Gasteiger partial charge >= 0.3 is 0 Å². The minimum absolute atomic E-state index is 0.0631. The van der Waals surface area contributed by atoms with Gasteiger partial charge in [0.05, 0.1) is 6.61 Å². The van der Waals surface area contributed by atoms with Gasteiger partial charge in [-0.2, -0.15) is 0 Å². The Morgan fingerprint density at radius 2 is 2.42 bits per heavy atom. The fourth-order valence-corrected chi connectivity index (χ4v) is 2.62. The highest BCUT2D eigenvalue weighted by Gasteiger charge is 2.55. The van der Waals surface area contributed by atoms with E-state index in [2.05, 4.69) is 4.90 Å². The van der Waals surface area contributed by atoms with E-state index in [1.807, 2.05) is 6.92 Å². The van der Waals surface area contributed by atoms with E-state index >= 15 is 0 Å². The van der Waals surface area contributed by atoms with Gasteiger partial charge in [-0.15, -0.1) is 0 Å². The Balaban J connectivity index is 2.09. The lowest BCUT2D eigenvalue weighted by atomic mass is 9.86. The van der Waals surface area contributed by atoms with Crippen LogP contribution in [0.5, 0.6) is 0 Å². The van der Waals surface area contributed by atoms with E-state index < -0.39 is 6.17 Å². The fourth-order valence-electron chi connectivity index (χ4n) is 2.62. The van der Waals surface area contributed by atoms with E-state index in [9.17, 15) is 4.39 Å². The summed E-state index contributed by atoms with van der Waals surface area (Å²) >= 11 is 0. The monoisotopic (exact) mass is 173 g/mol. The molecule has 0 aromatic carbocycles. The lowest BCUT2D eigenvalue weighted by Crippen LogP contribution is -2.60. The van der Waals surface area contributed by atoms with Crippen LogP contribution in [-0.4, -0.2) is 42.9 Å². The van der Waals surface area contributed by atoms with Gasteiger partial charge < -0.3 is 4.74 Å². The number of hydrogen-bond donors (Lipinski definition) is 0. The van der Waals surface area contributed by atoms with Crippen molar-refractivity contribution in [2.45, 2.75) is 37.5 Å². The maximum atomic E-state index is 13.3. The Labute approximate surface area is 72.7 Å². The molecular formula is C9H16FNO. The van der Waals surface area contributed by atoms with Crippen LogP contribution in [0.1, 0.15) is 19.8 Å². The van der Waals surface area contributed by atoms with E-state index in [0.29, 0.717) is 13.0 Å². The summed E-state index contributed by atoms with van der Waals surface area (Å²) in [6, 6.07) is 0.105. The number of fused-ring (bicyclic) bond motifs is 1. The van der Waals surface area contributed by atoms with Crippen molar-refractivity contribution in [3.63, 3.8) is 0 Å². The molecule has 2 saturated heterocycles.